The van der Waals surface area contributed by atoms with Crippen molar-refractivity contribution in [3.05, 3.63) is 17.3 Å². The predicted molar refractivity (Wildman–Crippen MR) is 46.9 cm³/mol. The third kappa shape index (κ3) is 3.19. The molecule has 0 aliphatic heterocycles. The lowest BCUT2D eigenvalue weighted by Crippen LogP contribution is -2.19. The zero-order chi connectivity index (χ0) is 13.9. The van der Waals surface area contributed by atoms with Crippen LogP contribution in [0.3, 0.4) is 0 Å². The van der Waals surface area contributed by atoms with Gasteiger partial charge >= 0.3 is 6.36 Å². The van der Waals surface area contributed by atoms with Crippen molar-refractivity contribution < 1.29 is 31.8 Å². The highest BCUT2D eigenvalue weighted by Gasteiger charge is 2.35. The minimum Gasteiger partial charge on any atom is -0.506 e. The van der Waals surface area contributed by atoms with Crippen LogP contribution in [-0.2, 0) is 6.42 Å². The highest BCUT2D eigenvalue weighted by molar-refractivity contribution is 5.45. The molecule has 0 aromatic carbocycles. The van der Waals surface area contributed by atoms with E-state index in [4.69, 9.17) is 5.26 Å². The Labute approximate surface area is 97.2 Å². The topological polar surface area (TPSA) is 66.1 Å². The summed E-state index contributed by atoms with van der Waals surface area (Å²) in [6.07, 6.45) is -8.75. The van der Waals surface area contributed by atoms with Gasteiger partial charge in [0.1, 0.15) is 5.75 Å². The van der Waals surface area contributed by atoms with Crippen molar-refractivity contribution in [2.45, 2.75) is 19.2 Å². The fraction of sp³-hybridized carbons (Fsp3) is 0.333. The van der Waals surface area contributed by atoms with Gasteiger partial charge in [0, 0.05) is 5.56 Å². The van der Waals surface area contributed by atoms with Crippen LogP contribution < -0.4 is 4.74 Å². The van der Waals surface area contributed by atoms with Crippen molar-refractivity contribution in [1.82, 2.24) is 4.98 Å². The Kier molecular flexibility index (Phi) is 3.90. The molecule has 1 aromatic rings. The average molecular weight is 268 g/mol. The van der Waals surface area contributed by atoms with E-state index in [0.29, 0.717) is 6.20 Å². The maximum absolute atomic E-state index is 12.7. The molecule has 0 radical (unpaired) electrons. The number of hydrogen-bond acceptors (Lipinski definition) is 4. The number of hydrogen-bond donors (Lipinski definition) is 1. The first-order chi connectivity index (χ1) is 8.26. The van der Waals surface area contributed by atoms with Gasteiger partial charge in [-0.2, -0.15) is 5.26 Å². The first kappa shape index (κ1) is 14.0. The van der Waals surface area contributed by atoms with Gasteiger partial charge in [0.15, 0.2) is 0 Å². The second kappa shape index (κ2) is 5.03. The van der Waals surface area contributed by atoms with E-state index in [-0.39, 0.29) is 0 Å². The lowest BCUT2D eigenvalue weighted by Gasteiger charge is -2.14. The van der Waals surface area contributed by atoms with Gasteiger partial charge in [-0.05, 0) is 0 Å². The monoisotopic (exact) mass is 268 g/mol. The van der Waals surface area contributed by atoms with Gasteiger partial charge in [0.2, 0.25) is 5.88 Å². The molecule has 0 saturated carbocycles. The lowest BCUT2D eigenvalue weighted by molar-refractivity contribution is -0.276. The van der Waals surface area contributed by atoms with Crippen molar-refractivity contribution in [2.24, 2.45) is 0 Å². The Bertz CT molecular complexity index is 481. The molecular formula is C9H5F5N2O2. The summed E-state index contributed by atoms with van der Waals surface area (Å²) in [5.41, 5.74) is -1.88. The molecule has 0 bridgehead atoms. The number of aromatic hydroxyl groups is 1. The van der Waals surface area contributed by atoms with E-state index in [2.05, 4.69) is 9.72 Å². The molecule has 1 N–H and O–H groups in total. The molecule has 0 aliphatic rings. The Morgan fingerprint density at radius 3 is 2.50 bits per heavy atom. The van der Waals surface area contributed by atoms with Crippen molar-refractivity contribution in [3.8, 4) is 17.7 Å². The summed E-state index contributed by atoms with van der Waals surface area (Å²) in [6, 6.07) is 1.45. The molecule has 0 aliphatic carbocycles. The van der Waals surface area contributed by atoms with E-state index in [1.165, 1.54) is 6.07 Å². The Morgan fingerprint density at radius 1 is 1.44 bits per heavy atom. The van der Waals surface area contributed by atoms with E-state index in [0.717, 1.165) is 0 Å². The molecule has 98 valence electrons. The van der Waals surface area contributed by atoms with Gasteiger partial charge in [-0.15, -0.1) is 13.2 Å². The van der Waals surface area contributed by atoms with Gasteiger partial charge in [-0.3, -0.25) is 0 Å². The SMILES string of the molecule is N#CCc1c(O)cnc(OC(F)(F)F)c1C(F)F. The van der Waals surface area contributed by atoms with Gasteiger partial charge in [-0.25, -0.2) is 13.8 Å². The molecule has 0 unspecified atom stereocenters. The fourth-order valence-electron chi connectivity index (χ4n) is 1.22. The third-order valence-electron chi connectivity index (χ3n) is 1.86. The second-order valence-electron chi connectivity index (χ2n) is 3.02. The molecule has 0 atom stereocenters. The summed E-state index contributed by atoms with van der Waals surface area (Å²) in [4.78, 5) is 2.95. The summed E-state index contributed by atoms with van der Waals surface area (Å²) in [5, 5.41) is 17.6. The maximum atomic E-state index is 12.7. The molecule has 0 spiro atoms. The van der Waals surface area contributed by atoms with E-state index in [1.807, 2.05) is 0 Å². The molecule has 1 aromatic heterocycles. The van der Waals surface area contributed by atoms with Crippen molar-refractivity contribution in [2.75, 3.05) is 0 Å². The number of alkyl halides is 5. The highest BCUT2D eigenvalue weighted by Crippen LogP contribution is 2.37. The second-order valence-corrected chi connectivity index (χ2v) is 3.02. The predicted octanol–water partition coefficient (Wildman–Crippen LogP) is 2.69. The molecule has 0 saturated heterocycles. The van der Waals surface area contributed by atoms with Gasteiger partial charge in [-0.1, -0.05) is 0 Å². The van der Waals surface area contributed by atoms with Crippen LogP contribution in [0.1, 0.15) is 17.6 Å². The number of rotatable bonds is 3. The highest BCUT2D eigenvalue weighted by atomic mass is 19.4. The normalized spacial score (nSPS) is 11.4. The summed E-state index contributed by atoms with van der Waals surface area (Å²) in [5.74, 6) is -2.16. The summed E-state index contributed by atoms with van der Waals surface area (Å²) < 4.78 is 64.5. The molecule has 18 heavy (non-hydrogen) atoms. The van der Waals surface area contributed by atoms with Crippen LogP contribution in [0.25, 0.3) is 0 Å². The largest absolute Gasteiger partial charge is 0.574 e. The number of nitrogens with zero attached hydrogens (tertiary/aromatic N) is 2. The van der Waals surface area contributed by atoms with Crippen molar-refractivity contribution >= 4 is 0 Å². The van der Waals surface area contributed by atoms with Crippen molar-refractivity contribution in [3.63, 3.8) is 0 Å². The zero-order valence-corrected chi connectivity index (χ0v) is 8.50. The van der Waals surface area contributed by atoms with E-state index < -0.39 is 42.0 Å². The van der Waals surface area contributed by atoms with Crippen LogP contribution in [0, 0.1) is 11.3 Å². The lowest BCUT2D eigenvalue weighted by atomic mass is 10.1. The number of halogens is 5. The number of nitriles is 1. The standard InChI is InChI=1S/C9H5F5N2O2/c10-7(11)6-4(1-2-15)5(17)3-16-8(6)18-9(12,13)14/h3,7,17H,1H2. The molecule has 1 rings (SSSR count). The summed E-state index contributed by atoms with van der Waals surface area (Å²) in [7, 11) is 0. The number of aromatic nitrogens is 1. The minimum atomic E-state index is -5.20. The van der Waals surface area contributed by atoms with Crippen LogP contribution in [-0.4, -0.2) is 16.5 Å². The maximum Gasteiger partial charge on any atom is 0.574 e. The quantitative estimate of drug-likeness (QED) is 0.856. The van der Waals surface area contributed by atoms with Gasteiger partial charge in [0.25, 0.3) is 6.43 Å². The fourth-order valence-corrected chi connectivity index (χ4v) is 1.22. The number of pyridine rings is 1. The van der Waals surface area contributed by atoms with Crippen LogP contribution in [0.2, 0.25) is 0 Å². The molecule has 0 fully saturated rings. The average Bonchev–Trinajstić information content (AvgIpc) is 2.20. The van der Waals surface area contributed by atoms with Crippen LogP contribution in [0.15, 0.2) is 6.20 Å². The minimum absolute atomic E-state index is 0.514. The third-order valence-corrected chi connectivity index (χ3v) is 1.86. The molecule has 4 nitrogen and oxygen atoms in total. The van der Waals surface area contributed by atoms with Gasteiger partial charge in [0.05, 0.1) is 24.3 Å². The van der Waals surface area contributed by atoms with Crippen molar-refractivity contribution in [1.29, 1.82) is 5.26 Å². The smallest absolute Gasteiger partial charge is 0.506 e. The van der Waals surface area contributed by atoms with Crippen LogP contribution in [0.4, 0.5) is 22.0 Å². The van der Waals surface area contributed by atoms with E-state index >= 15 is 0 Å². The van der Waals surface area contributed by atoms with E-state index in [1.54, 1.807) is 0 Å². The molecule has 0 amide bonds. The van der Waals surface area contributed by atoms with Crippen LogP contribution >= 0.6 is 0 Å². The van der Waals surface area contributed by atoms with Gasteiger partial charge < -0.3 is 9.84 Å². The molecular weight excluding hydrogens is 263 g/mol. The first-order valence-corrected chi connectivity index (χ1v) is 4.38. The summed E-state index contributed by atoms with van der Waals surface area (Å²) >= 11 is 0. The molecule has 1 heterocycles. The Morgan fingerprint density at radius 2 is 2.06 bits per heavy atom. The first-order valence-electron chi connectivity index (χ1n) is 4.38. The number of ether oxygens (including phenoxy) is 1. The summed E-state index contributed by atoms with van der Waals surface area (Å²) in [6.45, 7) is 0. The van der Waals surface area contributed by atoms with Crippen LogP contribution in [0.5, 0.6) is 11.6 Å². The molecule has 9 heteroatoms. The zero-order valence-electron chi connectivity index (χ0n) is 8.50. The van der Waals surface area contributed by atoms with E-state index in [9.17, 15) is 27.1 Å². The Hall–Kier alpha value is -2.11. The Balaban J connectivity index is 3.35.